The van der Waals surface area contributed by atoms with Crippen LogP contribution in [0.3, 0.4) is 0 Å². The number of hydrazone groups is 1. The van der Waals surface area contributed by atoms with Crippen molar-refractivity contribution in [2.75, 3.05) is 32.8 Å². The normalized spacial score (nSPS) is 16.0. The second-order valence-electron chi connectivity index (χ2n) is 4.53. The number of nitro groups is 1. The second-order valence-corrected chi connectivity index (χ2v) is 4.53. The lowest BCUT2D eigenvalue weighted by molar-refractivity contribution is -0.384. The van der Waals surface area contributed by atoms with Crippen LogP contribution in [-0.4, -0.2) is 54.8 Å². The molecule has 0 spiro atoms. The molecule has 8 heteroatoms. The zero-order valence-corrected chi connectivity index (χ0v) is 11.4. The summed E-state index contributed by atoms with van der Waals surface area (Å²) in [5.41, 5.74) is 2.94. The molecule has 1 heterocycles. The van der Waals surface area contributed by atoms with Gasteiger partial charge in [0.1, 0.15) is 0 Å². The molecule has 1 aliphatic rings. The molecule has 1 amide bonds. The summed E-state index contributed by atoms with van der Waals surface area (Å²) in [4.78, 5) is 23.8. The minimum Gasteiger partial charge on any atom is -0.379 e. The van der Waals surface area contributed by atoms with Crippen LogP contribution in [0.25, 0.3) is 0 Å². The Balaban J connectivity index is 1.82. The summed E-state index contributed by atoms with van der Waals surface area (Å²) in [5, 5.41) is 14.4. The number of carbonyl (C=O) groups is 1. The maximum atomic E-state index is 11.7. The summed E-state index contributed by atoms with van der Waals surface area (Å²) < 4.78 is 5.19. The van der Waals surface area contributed by atoms with Gasteiger partial charge in [0.15, 0.2) is 0 Å². The fourth-order valence-corrected chi connectivity index (χ4v) is 1.90. The largest absolute Gasteiger partial charge is 0.379 e. The fourth-order valence-electron chi connectivity index (χ4n) is 1.90. The lowest BCUT2D eigenvalue weighted by Gasteiger charge is -2.25. The van der Waals surface area contributed by atoms with Gasteiger partial charge in [0.2, 0.25) is 0 Å². The van der Waals surface area contributed by atoms with Crippen LogP contribution in [0.15, 0.2) is 29.4 Å². The molecule has 0 aliphatic carbocycles. The molecule has 1 N–H and O–H groups in total. The Bertz CT molecular complexity index is 541. The van der Waals surface area contributed by atoms with Crippen molar-refractivity contribution in [3.05, 3.63) is 39.9 Å². The van der Waals surface area contributed by atoms with Crippen molar-refractivity contribution in [1.82, 2.24) is 10.3 Å². The highest BCUT2D eigenvalue weighted by molar-refractivity contribution is 5.83. The van der Waals surface area contributed by atoms with Gasteiger partial charge < -0.3 is 4.74 Å². The maximum Gasteiger partial charge on any atom is 0.270 e. The highest BCUT2D eigenvalue weighted by Crippen LogP contribution is 2.11. The quantitative estimate of drug-likeness (QED) is 0.480. The van der Waals surface area contributed by atoms with Gasteiger partial charge in [-0.05, 0) is 0 Å². The van der Waals surface area contributed by atoms with Crippen molar-refractivity contribution in [2.45, 2.75) is 0 Å². The highest BCUT2D eigenvalue weighted by Gasteiger charge is 2.13. The van der Waals surface area contributed by atoms with E-state index in [0.29, 0.717) is 18.8 Å². The third-order valence-electron chi connectivity index (χ3n) is 2.95. The van der Waals surface area contributed by atoms with Gasteiger partial charge in [-0.15, -0.1) is 0 Å². The molecule has 1 fully saturated rings. The smallest absolute Gasteiger partial charge is 0.270 e. The molecular weight excluding hydrogens is 276 g/mol. The van der Waals surface area contributed by atoms with E-state index in [1.54, 1.807) is 12.1 Å². The van der Waals surface area contributed by atoms with E-state index >= 15 is 0 Å². The van der Waals surface area contributed by atoms with Crippen LogP contribution in [0.4, 0.5) is 5.69 Å². The first-order valence-electron chi connectivity index (χ1n) is 6.51. The number of nitrogens with one attached hydrogen (secondary N) is 1. The molecule has 1 saturated heterocycles. The molecule has 1 aliphatic heterocycles. The summed E-state index contributed by atoms with van der Waals surface area (Å²) in [7, 11) is 0. The van der Waals surface area contributed by atoms with Crippen LogP contribution in [0, 0.1) is 10.1 Å². The van der Waals surface area contributed by atoms with Gasteiger partial charge in [-0.2, -0.15) is 5.10 Å². The number of benzene rings is 1. The number of non-ortho nitro benzene ring substituents is 1. The van der Waals surface area contributed by atoms with E-state index in [1.807, 2.05) is 4.90 Å². The standard InChI is InChI=1S/C13H16N4O4/c18-13(10-16-4-6-21-7-5-16)15-14-9-11-2-1-3-12(8-11)17(19)20/h1-3,8-9H,4-7,10H2,(H,15,18). The van der Waals surface area contributed by atoms with E-state index in [9.17, 15) is 14.9 Å². The maximum absolute atomic E-state index is 11.7. The number of ether oxygens (including phenoxy) is 1. The van der Waals surface area contributed by atoms with Gasteiger partial charge in [-0.1, -0.05) is 12.1 Å². The van der Waals surface area contributed by atoms with Crippen molar-refractivity contribution < 1.29 is 14.5 Å². The van der Waals surface area contributed by atoms with Crippen molar-refractivity contribution in [1.29, 1.82) is 0 Å². The lowest BCUT2D eigenvalue weighted by Crippen LogP contribution is -2.42. The number of nitro benzene ring substituents is 1. The Hall–Kier alpha value is -2.32. The number of hydrogen-bond acceptors (Lipinski definition) is 6. The predicted molar refractivity (Wildman–Crippen MR) is 76.1 cm³/mol. The molecule has 1 aromatic carbocycles. The molecular formula is C13H16N4O4. The average Bonchev–Trinajstić information content (AvgIpc) is 2.48. The first-order chi connectivity index (χ1) is 10.1. The van der Waals surface area contributed by atoms with Crippen LogP contribution >= 0.6 is 0 Å². The van der Waals surface area contributed by atoms with E-state index in [0.717, 1.165) is 13.1 Å². The zero-order valence-electron chi connectivity index (χ0n) is 11.4. The van der Waals surface area contributed by atoms with Crippen molar-refractivity contribution in [3.63, 3.8) is 0 Å². The third kappa shape index (κ3) is 4.93. The molecule has 8 nitrogen and oxygen atoms in total. The van der Waals surface area contributed by atoms with Gasteiger partial charge in [0, 0.05) is 30.8 Å². The number of amides is 1. The van der Waals surface area contributed by atoms with Crippen LogP contribution in [0.5, 0.6) is 0 Å². The molecule has 1 aromatic rings. The molecule has 2 rings (SSSR count). The summed E-state index contributed by atoms with van der Waals surface area (Å²) >= 11 is 0. The Morgan fingerprint density at radius 3 is 2.95 bits per heavy atom. The van der Waals surface area contributed by atoms with E-state index in [2.05, 4.69) is 10.5 Å². The Morgan fingerprint density at radius 2 is 2.24 bits per heavy atom. The molecule has 21 heavy (non-hydrogen) atoms. The average molecular weight is 292 g/mol. The van der Waals surface area contributed by atoms with Crippen LogP contribution < -0.4 is 5.43 Å². The summed E-state index contributed by atoms with van der Waals surface area (Å²) in [6, 6.07) is 6.02. The van der Waals surface area contributed by atoms with E-state index in [-0.39, 0.29) is 18.1 Å². The Labute approximate surface area is 121 Å². The van der Waals surface area contributed by atoms with Crippen molar-refractivity contribution in [3.8, 4) is 0 Å². The Kier molecular flexibility index (Phi) is 5.35. The highest BCUT2D eigenvalue weighted by atomic mass is 16.6. The molecule has 0 unspecified atom stereocenters. The lowest BCUT2D eigenvalue weighted by atomic mass is 10.2. The minimum absolute atomic E-state index is 0.0152. The molecule has 0 saturated carbocycles. The van der Waals surface area contributed by atoms with E-state index in [4.69, 9.17) is 4.74 Å². The monoisotopic (exact) mass is 292 g/mol. The molecule has 112 valence electrons. The van der Waals surface area contributed by atoms with Gasteiger partial charge in [-0.3, -0.25) is 19.8 Å². The number of hydrogen-bond donors (Lipinski definition) is 1. The van der Waals surface area contributed by atoms with E-state index in [1.165, 1.54) is 18.3 Å². The van der Waals surface area contributed by atoms with Crippen LogP contribution in [0.1, 0.15) is 5.56 Å². The number of rotatable bonds is 5. The molecule has 0 aromatic heterocycles. The van der Waals surface area contributed by atoms with Crippen LogP contribution in [0.2, 0.25) is 0 Å². The van der Waals surface area contributed by atoms with Gasteiger partial charge in [0.05, 0.1) is 30.9 Å². The summed E-state index contributed by atoms with van der Waals surface area (Å²) in [5.74, 6) is -0.224. The van der Waals surface area contributed by atoms with Gasteiger partial charge >= 0.3 is 0 Å². The number of morpholine rings is 1. The van der Waals surface area contributed by atoms with Gasteiger partial charge in [-0.25, -0.2) is 5.43 Å². The molecule has 0 bridgehead atoms. The number of nitrogens with zero attached hydrogens (tertiary/aromatic N) is 3. The molecule has 0 atom stereocenters. The fraction of sp³-hybridized carbons (Fsp3) is 0.385. The van der Waals surface area contributed by atoms with Gasteiger partial charge in [0.25, 0.3) is 11.6 Å². The first kappa shape index (κ1) is 15.1. The SMILES string of the molecule is O=C(CN1CCOCC1)NN=Cc1cccc([N+](=O)[O-])c1. The molecule has 0 radical (unpaired) electrons. The Morgan fingerprint density at radius 1 is 1.48 bits per heavy atom. The topological polar surface area (TPSA) is 97.1 Å². The number of carbonyl (C=O) groups excluding carboxylic acids is 1. The minimum atomic E-state index is -0.478. The van der Waals surface area contributed by atoms with Crippen LogP contribution in [-0.2, 0) is 9.53 Å². The van der Waals surface area contributed by atoms with Crippen molar-refractivity contribution >= 4 is 17.8 Å². The summed E-state index contributed by atoms with van der Waals surface area (Å²) in [6.07, 6.45) is 1.38. The first-order valence-corrected chi connectivity index (χ1v) is 6.51. The zero-order chi connectivity index (χ0) is 15.1. The van der Waals surface area contributed by atoms with Crippen molar-refractivity contribution in [2.24, 2.45) is 5.10 Å². The summed E-state index contributed by atoms with van der Waals surface area (Å²) in [6.45, 7) is 2.97. The predicted octanol–water partition coefficient (Wildman–Crippen LogP) is 0.377. The third-order valence-corrected chi connectivity index (χ3v) is 2.95. The second kappa shape index (κ2) is 7.46. The van der Waals surface area contributed by atoms with E-state index < -0.39 is 4.92 Å².